The third-order valence-corrected chi connectivity index (χ3v) is 6.05. The summed E-state index contributed by atoms with van der Waals surface area (Å²) in [6, 6.07) is 7.04. The first kappa shape index (κ1) is 17.9. The summed E-state index contributed by atoms with van der Waals surface area (Å²) in [7, 11) is -3.48. The van der Waals surface area contributed by atoms with Crippen LogP contribution in [0.25, 0.3) is 0 Å². The summed E-state index contributed by atoms with van der Waals surface area (Å²) in [4.78, 5) is 14.4. The van der Waals surface area contributed by atoms with Crippen molar-refractivity contribution in [2.45, 2.75) is 39.0 Å². The van der Waals surface area contributed by atoms with Gasteiger partial charge in [-0.2, -0.15) is 4.31 Å². The lowest BCUT2D eigenvalue weighted by molar-refractivity contribution is -0.140. The van der Waals surface area contributed by atoms with Crippen molar-refractivity contribution in [2.24, 2.45) is 5.41 Å². The SMILES string of the molecule is CCc1ccc(S(=O)(=O)N2CCN(C(=O)C(C)(C)C)CC2)cc1. The minimum atomic E-state index is -3.48. The minimum Gasteiger partial charge on any atom is -0.340 e. The molecule has 0 N–H and O–H groups in total. The van der Waals surface area contributed by atoms with Gasteiger partial charge in [0.05, 0.1) is 4.90 Å². The summed E-state index contributed by atoms with van der Waals surface area (Å²) in [6.07, 6.45) is 0.883. The second-order valence-corrected chi connectivity index (χ2v) is 8.88. The molecule has 1 amide bonds. The molecule has 0 radical (unpaired) electrons. The van der Waals surface area contributed by atoms with Crippen LogP contribution in [0.15, 0.2) is 29.2 Å². The minimum absolute atomic E-state index is 0.0712. The molecule has 0 aliphatic carbocycles. The number of carbonyl (C=O) groups is 1. The molecule has 0 aromatic heterocycles. The number of rotatable bonds is 3. The molecule has 0 saturated carbocycles. The number of piperazine rings is 1. The molecule has 1 aliphatic rings. The van der Waals surface area contributed by atoms with Gasteiger partial charge in [0.15, 0.2) is 0 Å². The van der Waals surface area contributed by atoms with E-state index in [2.05, 4.69) is 0 Å². The quantitative estimate of drug-likeness (QED) is 0.848. The maximum Gasteiger partial charge on any atom is 0.243 e. The standard InChI is InChI=1S/C17H26N2O3S/c1-5-14-6-8-15(9-7-14)23(21,22)19-12-10-18(11-13-19)16(20)17(2,3)4/h6-9H,5,10-13H2,1-4H3. The molecule has 0 spiro atoms. The highest BCUT2D eigenvalue weighted by Crippen LogP contribution is 2.22. The molecule has 1 aliphatic heterocycles. The number of nitrogens with zero attached hydrogens (tertiary/aromatic N) is 2. The summed E-state index contributed by atoms with van der Waals surface area (Å²) in [5.41, 5.74) is 0.682. The largest absolute Gasteiger partial charge is 0.340 e. The van der Waals surface area contributed by atoms with Crippen molar-refractivity contribution >= 4 is 15.9 Å². The van der Waals surface area contributed by atoms with Crippen LogP contribution in [0, 0.1) is 5.41 Å². The molecule has 1 fully saturated rings. The van der Waals surface area contributed by atoms with Gasteiger partial charge in [-0.3, -0.25) is 4.79 Å². The van der Waals surface area contributed by atoms with E-state index in [-0.39, 0.29) is 5.91 Å². The van der Waals surface area contributed by atoms with Crippen LogP contribution in [0.5, 0.6) is 0 Å². The second-order valence-electron chi connectivity index (χ2n) is 6.94. The van der Waals surface area contributed by atoms with Crippen LogP contribution in [0.2, 0.25) is 0 Å². The molecular weight excluding hydrogens is 312 g/mol. The van der Waals surface area contributed by atoms with Gasteiger partial charge in [0.1, 0.15) is 0 Å². The van der Waals surface area contributed by atoms with Gasteiger partial charge in [-0.1, -0.05) is 39.8 Å². The van der Waals surface area contributed by atoms with Crippen molar-refractivity contribution in [2.75, 3.05) is 26.2 Å². The van der Waals surface area contributed by atoms with Gasteiger partial charge in [-0.15, -0.1) is 0 Å². The molecule has 5 nitrogen and oxygen atoms in total. The van der Waals surface area contributed by atoms with Crippen molar-refractivity contribution in [3.05, 3.63) is 29.8 Å². The first-order valence-electron chi connectivity index (χ1n) is 8.04. The average molecular weight is 338 g/mol. The number of hydrogen-bond acceptors (Lipinski definition) is 3. The van der Waals surface area contributed by atoms with E-state index >= 15 is 0 Å². The topological polar surface area (TPSA) is 57.7 Å². The van der Waals surface area contributed by atoms with Crippen molar-refractivity contribution in [3.63, 3.8) is 0 Å². The van der Waals surface area contributed by atoms with Gasteiger partial charge in [0, 0.05) is 31.6 Å². The summed E-state index contributed by atoms with van der Waals surface area (Å²) in [5, 5.41) is 0. The fraction of sp³-hybridized carbons (Fsp3) is 0.588. The summed E-state index contributed by atoms with van der Waals surface area (Å²) >= 11 is 0. The Hall–Kier alpha value is -1.40. The molecule has 1 heterocycles. The van der Waals surface area contributed by atoms with E-state index in [1.165, 1.54) is 4.31 Å². The predicted octanol–water partition coefficient (Wildman–Crippen LogP) is 2.13. The Balaban J connectivity index is 2.07. The smallest absolute Gasteiger partial charge is 0.243 e. The van der Waals surface area contributed by atoms with Crippen molar-refractivity contribution in [1.82, 2.24) is 9.21 Å². The van der Waals surface area contributed by atoms with Gasteiger partial charge in [0.2, 0.25) is 15.9 Å². The van der Waals surface area contributed by atoms with Crippen LogP contribution in [0.1, 0.15) is 33.3 Å². The highest BCUT2D eigenvalue weighted by Gasteiger charge is 2.33. The van der Waals surface area contributed by atoms with Gasteiger partial charge in [0.25, 0.3) is 0 Å². The Kier molecular flexibility index (Phi) is 5.16. The molecule has 1 aromatic carbocycles. The highest BCUT2D eigenvalue weighted by molar-refractivity contribution is 7.89. The average Bonchev–Trinajstić information content (AvgIpc) is 2.53. The molecule has 0 atom stereocenters. The summed E-state index contributed by atoms with van der Waals surface area (Å²) in [5.74, 6) is 0.0712. The van der Waals surface area contributed by atoms with Crippen LogP contribution in [-0.2, 0) is 21.2 Å². The van der Waals surface area contributed by atoms with Gasteiger partial charge in [-0.05, 0) is 24.1 Å². The Bertz CT molecular complexity index is 652. The zero-order valence-electron chi connectivity index (χ0n) is 14.4. The monoisotopic (exact) mass is 338 g/mol. The van der Waals surface area contributed by atoms with Crippen LogP contribution >= 0.6 is 0 Å². The Morgan fingerprint density at radius 2 is 1.57 bits per heavy atom. The first-order chi connectivity index (χ1) is 10.7. The molecule has 1 saturated heterocycles. The normalized spacial score (nSPS) is 17.3. The maximum absolute atomic E-state index is 12.7. The number of hydrogen-bond donors (Lipinski definition) is 0. The van der Waals surface area contributed by atoms with E-state index in [0.717, 1.165) is 12.0 Å². The van der Waals surface area contributed by atoms with Crippen LogP contribution in [-0.4, -0.2) is 49.7 Å². The van der Waals surface area contributed by atoms with Crippen molar-refractivity contribution < 1.29 is 13.2 Å². The zero-order chi connectivity index (χ0) is 17.3. The molecule has 128 valence electrons. The number of carbonyl (C=O) groups excluding carboxylic acids is 1. The molecule has 2 rings (SSSR count). The van der Waals surface area contributed by atoms with Gasteiger partial charge < -0.3 is 4.90 Å². The van der Waals surface area contributed by atoms with Crippen LogP contribution in [0.3, 0.4) is 0 Å². The van der Waals surface area contributed by atoms with Crippen molar-refractivity contribution in [1.29, 1.82) is 0 Å². The van der Waals surface area contributed by atoms with Crippen LogP contribution < -0.4 is 0 Å². The lowest BCUT2D eigenvalue weighted by atomic mass is 9.94. The van der Waals surface area contributed by atoms with E-state index in [9.17, 15) is 13.2 Å². The van der Waals surface area contributed by atoms with Gasteiger partial charge in [-0.25, -0.2) is 8.42 Å². The predicted molar refractivity (Wildman–Crippen MR) is 90.6 cm³/mol. The fourth-order valence-electron chi connectivity index (χ4n) is 2.65. The molecular formula is C17H26N2O3S. The molecule has 6 heteroatoms. The third-order valence-electron chi connectivity index (χ3n) is 4.14. The number of sulfonamides is 1. The molecule has 0 bridgehead atoms. The van der Waals surface area contributed by atoms with E-state index in [1.807, 2.05) is 39.8 Å². The zero-order valence-corrected chi connectivity index (χ0v) is 15.2. The molecule has 1 aromatic rings. The number of benzene rings is 1. The highest BCUT2D eigenvalue weighted by atomic mass is 32.2. The Labute approximate surface area is 139 Å². The lowest BCUT2D eigenvalue weighted by Crippen LogP contribution is -2.52. The van der Waals surface area contributed by atoms with E-state index < -0.39 is 15.4 Å². The maximum atomic E-state index is 12.7. The number of aryl methyl sites for hydroxylation is 1. The van der Waals surface area contributed by atoms with Gasteiger partial charge >= 0.3 is 0 Å². The van der Waals surface area contributed by atoms with Crippen LogP contribution in [0.4, 0.5) is 0 Å². The van der Waals surface area contributed by atoms with E-state index in [4.69, 9.17) is 0 Å². The Morgan fingerprint density at radius 1 is 1.04 bits per heavy atom. The fourth-order valence-corrected chi connectivity index (χ4v) is 4.07. The Morgan fingerprint density at radius 3 is 2.00 bits per heavy atom. The van der Waals surface area contributed by atoms with E-state index in [0.29, 0.717) is 31.1 Å². The summed E-state index contributed by atoms with van der Waals surface area (Å²) < 4.78 is 26.8. The number of amides is 1. The molecule has 23 heavy (non-hydrogen) atoms. The summed E-state index contributed by atoms with van der Waals surface area (Å²) in [6.45, 7) is 9.27. The second kappa shape index (κ2) is 6.61. The lowest BCUT2D eigenvalue weighted by Gasteiger charge is -2.37. The molecule has 0 unspecified atom stereocenters. The third kappa shape index (κ3) is 3.93. The van der Waals surface area contributed by atoms with Crippen molar-refractivity contribution in [3.8, 4) is 0 Å². The van der Waals surface area contributed by atoms with E-state index in [1.54, 1.807) is 17.0 Å². The first-order valence-corrected chi connectivity index (χ1v) is 9.48.